The van der Waals surface area contributed by atoms with Crippen LogP contribution in [0.3, 0.4) is 0 Å². The van der Waals surface area contributed by atoms with Gasteiger partial charge in [-0.15, -0.1) is 0 Å². The first kappa shape index (κ1) is 15.2. The van der Waals surface area contributed by atoms with Crippen molar-refractivity contribution in [2.45, 2.75) is 45.6 Å². The highest BCUT2D eigenvalue weighted by atomic mass is 16.5. The Morgan fingerprint density at radius 2 is 2.00 bits per heavy atom. The van der Waals surface area contributed by atoms with Gasteiger partial charge in [0.05, 0.1) is 7.11 Å². The van der Waals surface area contributed by atoms with E-state index in [2.05, 4.69) is 12.2 Å². The molecule has 1 aromatic carbocycles. The first-order valence-corrected chi connectivity index (χ1v) is 7.75. The third-order valence-corrected chi connectivity index (χ3v) is 4.44. The molecule has 0 aromatic heterocycles. The molecular formula is C17H27NO2. The van der Waals surface area contributed by atoms with Crippen molar-refractivity contribution in [3.05, 3.63) is 23.8 Å². The molecule has 112 valence electrons. The maximum atomic E-state index is 9.72. The first-order chi connectivity index (χ1) is 9.69. The van der Waals surface area contributed by atoms with Gasteiger partial charge in [0.1, 0.15) is 0 Å². The quantitative estimate of drug-likeness (QED) is 0.779. The van der Waals surface area contributed by atoms with E-state index in [1.165, 1.54) is 32.1 Å². The van der Waals surface area contributed by atoms with Crippen molar-refractivity contribution in [2.24, 2.45) is 11.8 Å². The number of nitrogens with one attached hydrogen (secondary N) is 1. The van der Waals surface area contributed by atoms with E-state index in [0.29, 0.717) is 5.75 Å². The second-order valence-electron chi connectivity index (χ2n) is 6.10. The van der Waals surface area contributed by atoms with E-state index in [9.17, 15) is 5.11 Å². The summed E-state index contributed by atoms with van der Waals surface area (Å²) in [7, 11) is 1.57. The van der Waals surface area contributed by atoms with Gasteiger partial charge in [0.25, 0.3) is 0 Å². The maximum absolute atomic E-state index is 9.72. The van der Waals surface area contributed by atoms with Gasteiger partial charge in [-0.1, -0.05) is 38.7 Å². The van der Waals surface area contributed by atoms with Gasteiger partial charge in [-0.25, -0.2) is 0 Å². The fourth-order valence-electron chi connectivity index (χ4n) is 3.00. The third kappa shape index (κ3) is 4.41. The summed E-state index contributed by atoms with van der Waals surface area (Å²) in [5.41, 5.74) is 1.10. The smallest absolute Gasteiger partial charge is 0.160 e. The summed E-state index contributed by atoms with van der Waals surface area (Å²) in [4.78, 5) is 0. The Hall–Kier alpha value is -1.22. The van der Waals surface area contributed by atoms with E-state index in [1.807, 2.05) is 12.1 Å². The summed E-state index contributed by atoms with van der Waals surface area (Å²) in [6.45, 7) is 4.23. The second-order valence-corrected chi connectivity index (χ2v) is 6.10. The number of hydrogen-bond acceptors (Lipinski definition) is 3. The fraction of sp³-hybridized carbons (Fsp3) is 0.647. The van der Waals surface area contributed by atoms with Crippen molar-refractivity contribution < 1.29 is 9.84 Å². The summed E-state index contributed by atoms with van der Waals surface area (Å²) >= 11 is 0. The van der Waals surface area contributed by atoms with Crippen molar-refractivity contribution in [3.63, 3.8) is 0 Å². The molecule has 0 saturated heterocycles. The van der Waals surface area contributed by atoms with Crippen molar-refractivity contribution in [1.29, 1.82) is 0 Å². The molecule has 0 radical (unpaired) electrons. The van der Waals surface area contributed by atoms with Crippen molar-refractivity contribution in [2.75, 3.05) is 13.7 Å². The van der Waals surface area contributed by atoms with E-state index < -0.39 is 0 Å². The van der Waals surface area contributed by atoms with Crippen LogP contribution in [0.25, 0.3) is 0 Å². The molecule has 3 heteroatoms. The topological polar surface area (TPSA) is 41.5 Å². The number of benzene rings is 1. The Bertz CT molecular complexity index is 411. The van der Waals surface area contributed by atoms with Gasteiger partial charge in [-0.2, -0.15) is 0 Å². The zero-order valence-electron chi connectivity index (χ0n) is 12.7. The molecule has 3 nitrogen and oxygen atoms in total. The van der Waals surface area contributed by atoms with Crippen LogP contribution in [-0.4, -0.2) is 18.8 Å². The van der Waals surface area contributed by atoms with Crippen molar-refractivity contribution >= 4 is 0 Å². The molecule has 0 atom stereocenters. The van der Waals surface area contributed by atoms with E-state index >= 15 is 0 Å². The van der Waals surface area contributed by atoms with Crippen LogP contribution in [0.5, 0.6) is 11.5 Å². The normalized spacial score (nSPS) is 22.7. The molecule has 20 heavy (non-hydrogen) atoms. The van der Waals surface area contributed by atoms with Crippen LogP contribution in [-0.2, 0) is 6.54 Å². The molecular weight excluding hydrogens is 250 g/mol. The molecule has 0 amide bonds. The lowest BCUT2D eigenvalue weighted by atomic mass is 9.81. The average molecular weight is 277 g/mol. The van der Waals surface area contributed by atoms with Crippen LogP contribution in [0.2, 0.25) is 0 Å². The minimum atomic E-state index is 0.216. The van der Waals surface area contributed by atoms with Gasteiger partial charge < -0.3 is 15.2 Å². The molecule has 0 bridgehead atoms. The molecule has 0 heterocycles. The van der Waals surface area contributed by atoms with Crippen LogP contribution in [0.1, 0.15) is 44.6 Å². The standard InChI is InChI=1S/C17H27NO2/c1-13-3-5-14(6-4-13)9-10-18-12-15-7-8-17(20-2)16(19)11-15/h7-8,11,13-14,18-19H,3-6,9-10,12H2,1-2H3. The number of phenols is 1. The third-order valence-electron chi connectivity index (χ3n) is 4.44. The molecule has 1 aromatic rings. The number of rotatable bonds is 6. The maximum Gasteiger partial charge on any atom is 0.160 e. The average Bonchev–Trinajstić information content (AvgIpc) is 2.46. The minimum absolute atomic E-state index is 0.216. The zero-order valence-corrected chi connectivity index (χ0v) is 12.7. The predicted molar refractivity (Wildman–Crippen MR) is 82.1 cm³/mol. The molecule has 1 aliphatic carbocycles. The Morgan fingerprint density at radius 1 is 1.25 bits per heavy atom. The van der Waals surface area contributed by atoms with Crippen LogP contribution in [0.4, 0.5) is 0 Å². The number of phenolic OH excluding ortho intramolecular Hbond substituents is 1. The Morgan fingerprint density at radius 3 is 2.65 bits per heavy atom. The highest BCUT2D eigenvalue weighted by Crippen LogP contribution is 2.30. The molecule has 2 N–H and O–H groups in total. The lowest BCUT2D eigenvalue weighted by Gasteiger charge is -2.26. The van der Waals surface area contributed by atoms with Gasteiger partial charge >= 0.3 is 0 Å². The van der Waals surface area contributed by atoms with E-state index in [1.54, 1.807) is 13.2 Å². The van der Waals surface area contributed by atoms with Gasteiger partial charge in [0.15, 0.2) is 11.5 Å². The van der Waals surface area contributed by atoms with E-state index in [-0.39, 0.29) is 5.75 Å². The van der Waals surface area contributed by atoms with Crippen LogP contribution >= 0.6 is 0 Å². The number of methoxy groups -OCH3 is 1. The van der Waals surface area contributed by atoms with Crippen molar-refractivity contribution in [3.8, 4) is 11.5 Å². The molecule has 2 rings (SSSR count). The fourth-order valence-corrected chi connectivity index (χ4v) is 3.00. The largest absolute Gasteiger partial charge is 0.504 e. The predicted octanol–water partition coefficient (Wildman–Crippen LogP) is 3.71. The highest BCUT2D eigenvalue weighted by Gasteiger charge is 2.17. The second kappa shape index (κ2) is 7.53. The summed E-state index contributed by atoms with van der Waals surface area (Å²) < 4.78 is 5.04. The molecule has 1 saturated carbocycles. The molecule has 0 aliphatic heterocycles. The Kier molecular flexibility index (Phi) is 5.72. The van der Waals surface area contributed by atoms with Gasteiger partial charge in [-0.3, -0.25) is 0 Å². The SMILES string of the molecule is COc1ccc(CNCCC2CCC(C)CC2)cc1O. The lowest BCUT2D eigenvalue weighted by Crippen LogP contribution is -2.20. The van der Waals surface area contributed by atoms with Crippen LogP contribution in [0, 0.1) is 11.8 Å². The zero-order chi connectivity index (χ0) is 14.4. The molecule has 1 fully saturated rings. The van der Waals surface area contributed by atoms with Crippen LogP contribution < -0.4 is 10.1 Å². The molecule has 1 aliphatic rings. The summed E-state index contributed by atoms with van der Waals surface area (Å²) in [6, 6.07) is 5.58. The van der Waals surface area contributed by atoms with Gasteiger partial charge in [0.2, 0.25) is 0 Å². The number of hydrogen-bond donors (Lipinski definition) is 2. The number of ether oxygens (including phenoxy) is 1. The Balaban J connectivity index is 1.67. The van der Waals surface area contributed by atoms with E-state index in [0.717, 1.165) is 30.5 Å². The lowest BCUT2D eigenvalue weighted by molar-refractivity contribution is 0.275. The van der Waals surface area contributed by atoms with Gasteiger partial charge in [-0.05, 0) is 42.5 Å². The summed E-state index contributed by atoms with van der Waals surface area (Å²) in [5, 5.41) is 13.2. The van der Waals surface area contributed by atoms with Crippen LogP contribution in [0.15, 0.2) is 18.2 Å². The number of aromatic hydroxyl groups is 1. The minimum Gasteiger partial charge on any atom is -0.504 e. The molecule has 0 spiro atoms. The Labute approximate surface area is 122 Å². The summed E-state index contributed by atoms with van der Waals surface area (Å²) in [6.07, 6.45) is 6.86. The first-order valence-electron chi connectivity index (χ1n) is 7.75. The molecule has 0 unspecified atom stereocenters. The van der Waals surface area contributed by atoms with Gasteiger partial charge in [0, 0.05) is 6.54 Å². The highest BCUT2D eigenvalue weighted by molar-refractivity contribution is 5.41. The van der Waals surface area contributed by atoms with Crippen molar-refractivity contribution in [1.82, 2.24) is 5.32 Å². The summed E-state index contributed by atoms with van der Waals surface area (Å²) in [5.74, 6) is 2.59. The van der Waals surface area contributed by atoms with E-state index in [4.69, 9.17) is 4.74 Å². The monoisotopic (exact) mass is 277 g/mol.